The molecule has 0 fully saturated rings. The van der Waals surface area contributed by atoms with Gasteiger partial charge in [-0.2, -0.15) is 0 Å². The first-order valence-electron chi connectivity index (χ1n) is 16.5. The standard InChI is InChI=1S/2C15H26N6O5.Mn/c2*16-4-2-1-3-11(15(25)26)20-14(24)12(5-9-6-18-8-19-9)21-13(23)10(17)7-22;/h2*6,8,10-12,22H,1-5,7,16-17H2,(H,18,19)(H,20,24)(H,21,23)(H,25,26);/q;;+2/p-2/t2*10-,11-,12-;/m00./s1. The first kappa shape index (κ1) is 48.5. The minimum Gasteiger partial charge on any atom is -0.548 e. The van der Waals surface area contributed by atoms with E-state index >= 15 is 0 Å². The van der Waals surface area contributed by atoms with E-state index in [-0.39, 0.29) is 42.8 Å². The summed E-state index contributed by atoms with van der Waals surface area (Å²) in [5.74, 6) is -5.73. The summed E-state index contributed by atoms with van der Waals surface area (Å²) in [6, 6.07) is -7.01. The minimum atomic E-state index is -1.42. The van der Waals surface area contributed by atoms with E-state index in [9.17, 15) is 39.0 Å². The van der Waals surface area contributed by atoms with Gasteiger partial charge in [0.05, 0.1) is 49.9 Å². The van der Waals surface area contributed by atoms with Gasteiger partial charge in [-0.15, -0.1) is 0 Å². The Morgan fingerprint density at radius 2 is 0.962 bits per heavy atom. The van der Waals surface area contributed by atoms with Gasteiger partial charge in [-0.05, 0) is 51.6 Å². The molecule has 0 saturated heterocycles. The van der Waals surface area contributed by atoms with Crippen LogP contribution in [0.2, 0.25) is 0 Å². The van der Waals surface area contributed by atoms with Crippen LogP contribution in [0.15, 0.2) is 25.0 Å². The molecule has 0 aliphatic heterocycles. The second-order valence-electron chi connectivity index (χ2n) is 11.6. The molecule has 297 valence electrons. The maximum absolute atomic E-state index is 12.5. The van der Waals surface area contributed by atoms with Gasteiger partial charge < -0.3 is 84.2 Å². The summed E-state index contributed by atoms with van der Waals surface area (Å²) in [7, 11) is 0. The van der Waals surface area contributed by atoms with Gasteiger partial charge >= 0.3 is 17.1 Å². The monoisotopic (exact) mass is 793 g/mol. The number of aliphatic carboxylic acids is 2. The van der Waals surface area contributed by atoms with E-state index in [0.29, 0.717) is 50.2 Å². The summed E-state index contributed by atoms with van der Waals surface area (Å²) in [5, 5.41) is 49.9. The first-order chi connectivity index (χ1) is 24.8. The van der Waals surface area contributed by atoms with Crippen LogP contribution in [-0.4, -0.2) is 128 Å². The molecule has 0 aliphatic rings. The number of aromatic amines is 2. The summed E-state index contributed by atoms with van der Waals surface area (Å²) in [6.07, 6.45) is 8.37. The Bertz CT molecular complexity index is 1270. The zero-order valence-corrected chi connectivity index (χ0v) is 30.2. The maximum atomic E-state index is 12.5. The van der Waals surface area contributed by atoms with Gasteiger partial charge in [-0.3, -0.25) is 19.2 Å². The molecule has 0 spiro atoms. The van der Waals surface area contributed by atoms with Crippen molar-refractivity contribution in [2.75, 3.05) is 26.3 Å². The van der Waals surface area contributed by atoms with Crippen molar-refractivity contribution in [3.8, 4) is 0 Å². The summed E-state index contributed by atoms with van der Waals surface area (Å²) in [4.78, 5) is 84.5. The molecule has 0 bridgehead atoms. The molecule has 2 aromatic heterocycles. The number of unbranched alkanes of at least 4 members (excludes halogenated alkanes) is 2. The summed E-state index contributed by atoms with van der Waals surface area (Å²) in [6.45, 7) is -0.369. The molecule has 0 aliphatic carbocycles. The summed E-state index contributed by atoms with van der Waals surface area (Å²) in [5.41, 5.74) is 22.7. The van der Waals surface area contributed by atoms with Crippen molar-refractivity contribution in [1.82, 2.24) is 41.2 Å². The number of carboxylic acid groups (broad SMARTS) is 2. The van der Waals surface area contributed by atoms with Crippen molar-refractivity contribution in [2.45, 2.75) is 87.6 Å². The van der Waals surface area contributed by atoms with Crippen LogP contribution in [0.4, 0.5) is 0 Å². The van der Waals surface area contributed by atoms with E-state index in [0.717, 1.165) is 0 Å². The van der Waals surface area contributed by atoms with Gasteiger partial charge in [-0.25, -0.2) is 9.97 Å². The molecule has 0 aromatic carbocycles. The Hall–Kier alpha value is -4.48. The van der Waals surface area contributed by atoms with Crippen molar-refractivity contribution >= 4 is 35.6 Å². The van der Waals surface area contributed by atoms with E-state index in [1.54, 1.807) is 0 Å². The average molecular weight is 794 g/mol. The normalized spacial score (nSPS) is 14.0. The third-order valence-electron chi connectivity index (χ3n) is 7.39. The molecule has 2 heterocycles. The zero-order valence-electron chi connectivity index (χ0n) is 29.0. The molecule has 22 nitrogen and oxygen atoms in total. The topological polar surface area (TPSA) is 399 Å². The van der Waals surface area contributed by atoms with Crippen LogP contribution < -0.4 is 54.4 Å². The number of hydrogen-bond acceptors (Lipinski definition) is 16. The van der Waals surface area contributed by atoms with E-state index < -0.39 is 85.0 Å². The number of aliphatic hydroxyl groups excluding tert-OH is 2. The number of rotatable bonds is 24. The average Bonchev–Trinajstić information content (AvgIpc) is 3.84. The van der Waals surface area contributed by atoms with Gasteiger partial charge in [0.2, 0.25) is 23.6 Å². The fourth-order valence-electron chi connectivity index (χ4n) is 4.40. The van der Waals surface area contributed by atoms with Gasteiger partial charge in [0, 0.05) is 36.6 Å². The van der Waals surface area contributed by atoms with Crippen LogP contribution in [0.1, 0.15) is 49.9 Å². The quantitative estimate of drug-likeness (QED) is 0.0347. The largest absolute Gasteiger partial charge is 2.00 e. The number of hydrogen-bond donors (Lipinski definition) is 12. The fraction of sp³-hybridized carbons (Fsp3) is 0.600. The number of imidazole rings is 2. The number of carbonyl (C=O) groups is 6. The number of amides is 4. The molecule has 16 N–H and O–H groups in total. The molecule has 4 amide bonds. The molecule has 0 saturated carbocycles. The van der Waals surface area contributed by atoms with Crippen molar-refractivity contribution in [3.63, 3.8) is 0 Å². The number of nitrogens with one attached hydrogen (secondary N) is 6. The van der Waals surface area contributed by atoms with Gasteiger partial charge in [0.25, 0.3) is 0 Å². The predicted molar refractivity (Wildman–Crippen MR) is 178 cm³/mol. The number of nitrogens with two attached hydrogens (primary N) is 4. The van der Waals surface area contributed by atoms with Crippen molar-refractivity contribution in [1.29, 1.82) is 0 Å². The second-order valence-corrected chi connectivity index (χ2v) is 11.6. The summed E-state index contributed by atoms with van der Waals surface area (Å²) < 4.78 is 0. The number of carboxylic acids is 2. The summed E-state index contributed by atoms with van der Waals surface area (Å²) >= 11 is 0. The SMILES string of the molecule is NCCCC[C@H](NC(=O)[C@H](Cc1cnc[nH]1)NC(=O)[C@@H](N)CO)C(=O)[O-].NCCCC[C@H](NC(=O)[C@H](Cc1cnc[nH]1)NC(=O)[C@@H](N)CO)C(=O)[O-].[Mn+2]. The zero-order chi connectivity index (χ0) is 39.1. The molecule has 53 heavy (non-hydrogen) atoms. The number of aromatic nitrogens is 4. The van der Waals surface area contributed by atoms with Crippen molar-refractivity contribution in [3.05, 3.63) is 36.4 Å². The van der Waals surface area contributed by atoms with Gasteiger partial charge in [-0.1, -0.05) is 0 Å². The van der Waals surface area contributed by atoms with Crippen LogP contribution >= 0.6 is 0 Å². The predicted octanol–water partition coefficient (Wildman–Crippen LogP) is -7.76. The third kappa shape index (κ3) is 19.2. The fourth-order valence-corrected chi connectivity index (χ4v) is 4.40. The van der Waals surface area contributed by atoms with Crippen molar-refractivity contribution in [2.24, 2.45) is 22.9 Å². The van der Waals surface area contributed by atoms with Crippen LogP contribution in [0.3, 0.4) is 0 Å². The van der Waals surface area contributed by atoms with Crippen LogP contribution in [0, 0.1) is 0 Å². The molecule has 0 unspecified atom stereocenters. The molecule has 6 atom stereocenters. The minimum absolute atomic E-state index is 0. The van der Waals surface area contributed by atoms with E-state index in [2.05, 4.69) is 41.2 Å². The van der Waals surface area contributed by atoms with E-state index in [4.69, 9.17) is 33.1 Å². The van der Waals surface area contributed by atoms with Gasteiger partial charge in [0.15, 0.2) is 0 Å². The Morgan fingerprint density at radius 3 is 1.23 bits per heavy atom. The molecule has 1 radical (unpaired) electrons. The Kier molecular flexibility index (Phi) is 24.9. The maximum Gasteiger partial charge on any atom is 2.00 e. The third-order valence-corrected chi connectivity index (χ3v) is 7.39. The molecular formula is C30H50MnN12O10. The first-order valence-corrected chi connectivity index (χ1v) is 16.5. The molecular weight excluding hydrogens is 743 g/mol. The van der Waals surface area contributed by atoms with Crippen molar-refractivity contribution < 1.29 is 66.3 Å². The number of carbonyl (C=O) groups excluding carboxylic acids is 6. The number of nitrogens with zero attached hydrogens (tertiary/aromatic N) is 2. The van der Waals surface area contributed by atoms with Crippen LogP contribution in [0.25, 0.3) is 0 Å². The Labute approximate surface area is 315 Å². The molecule has 2 rings (SSSR count). The number of H-pyrrole nitrogens is 2. The molecule has 2 aromatic rings. The molecule has 23 heteroatoms. The number of aliphatic hydroxyl groups is 2. The smallest absolute Gasteiger partial charge is 0.548 e. The van der Waals surface area contributed by atoms with Gasteiger partial charge in [0.1, 0.15) is 24.2 Å². The van der Waals surface area contributed by atoms with Crippen LogP contribution in [0.5, 0.6) is 0 Å². The second kappa shape index (κ2) is 27.2. The Morgan fingerprint density at radius 1 is 0.623 bits per heavy atom. The van der Waals surface area contributed by atoms with E-state index in [1.807, 2.05) is 0 Å². The Balaban J connectivity index is 0.00000100. The van der Waals surface area contributed by atoms with Crippen LogP contribution in [-0.2, 0) is 58.7 Å². The van der Waals surface area contributed by atoms with E-state index in [1.165, 1.54) is 25.0 Å².